The molecule has 0 bridgehead atoms. The molecule has 4 aliphatic rings. The van der Waals surface area contributed by atoms with Crippen molar-refractivity contribution in [3.8, 4) is 0 Å². The molecular weight excluding hydrogens is 472 g/mol. The largest absolute Gasteiger partial charge is 0.478 e. The minimum absolute atomic E-state index is 0.000148. The Morgan fingerprint density at radius 2 is 1.73 bits per heavy atom. The van der Waals surface area contributed by atoms with Gasteiger partial charge in [-0.25, -0.2) is 4.79 Å². The molecular formula is C30H44O7. The number of hydrogen-bond donors (Lipinski definition) is 4. The summed E-state index contributed by atoms with van der Waals surface area (Å²) in [6.07, 6.45) is 1.04. The standard InChI is InChI=1S/C30H44O7/c1-15(10-17(31)11-16(2)26(36)37)18-12-23(35)30(7)25-19(32)13-21-27(3,4)22(34)8-9-28(21,5)24(25)20(33)14-29(18,30)6/h11,15,17-19,21,23,31-32,35H,8-10,12-14H2,1-7H3,(H,36,37)/b16-11+/t15-,17+,18-,19-,21?,23+,28+,29-,30+/m1/s1. The third kappa shape index (κ3) is 3.82. The molecule has 37 heavy (non-hydrogen) atoms. The fraction of sp³-hybridized carbons (Fsp3) is 0.767. The van der Waals surface area contributed by atoms with Gasteiger partial charge in [-0.3, -0.25) is 9.59 Å². The van der Waals surface area contributed by atoms with E-state index in [0.717, 1.165) is 0 Å². The van der Waals surface area contributed by atoms with E-state index in [1.54, 1.807) is 0 Å². The van der Waals surface area contributed by atoms with Gasteiger partial charge in [-0.1, -0.05) is 41.5 Å². The molecule has 206 valence electrons. The maximum absolute atomic E-state index is 14.1. The van der Waals surface area contributed by atoms with Gasteiger partial charge in [0, 0.05) is 40.2 Å². The van der Waals surface area contributed by atoms with Gasteiger partial charge < -0.3 is 20.4 Å². The van der Waals surface area contributed by atoms with Crippen LogP contribution in [0.5, 0.6) is 0 Å². The van der Waals surface area contributed by atoms with Crippen molar-refractivity contribution in [3.63, 3.8) is 0 Å². The van der Waals surface area contributed by atoms with Gasteiger partial charge in [-0.15, -0.1) is 0 Å². The molecule has 0 saturated heterocycles. The summed E-state index contributed by atoms with van der Waals surface area (Å²) < 4.78 is 0. The number of aliphatic carboxylic acids is 1. The number of carbonyl (C=O) groups excluding carboxylic acids is 2. The van der Waals surface area contributed by atoms with Crippen LogP contribution in [0.3, 0.4) is 0 Å². The highest BCUT2D eigenvalue weighted by Crippen LogP contribution is 2.71. The number of aliphatic hydroxyl groups is 3. The van der Waals surface area contributed by atoms with E-state index < -0.39 is 45.9 Å². The first-order chi connectivity index (χ1) is 16.9. The molecule has 7 heteroatoms. The third-order valence-corrected chi connectivity index (χ3v) is 11.5. The van der Waals surface area contributed by atoms with E-state index in [2.05, 4.69) is 6.92 Å². The van der Waals surface area contributed by atoms with Crippen LogP contribution < -0.4 is 0 Å². The van der Waals surface area contributed by atoms with E-state index in [1.165, 1.54) is 13.0 Å². The molecule has 1 unspecified atom stereocenters. The molecule has 0 heterocycles. The second-order valence-corrected chi connectivity index (χ2v) is 13.7. The van der Waals surface area contributed by atoms with Crippen molar-refractivity contribution < 1.29 is 34.8 Å². The van der Waals surface area contributed by atoms with Gasteiger partial charge in [0.1, 0.15) is 5.78 Å². The Balaban J connectivity index is 1.77. The average Bonchev–Trinajstić information content (AvgIpc) is 2.99. The first-order valence-corrected chi connectivity index (χ1v) is 13.7. The molecule has 4 aliphatic carbocycles. The summed E-state index contributed by atoms with van der Waals surface area (Å²) in [6, 6.07) is 0. The van der Waals surface area contributed by atoms with Crippen molar-refractivity contribution in [3.05, 3.63) is 22.8 Å². The molecule has 9 atom stereocenters. The van der Waals surface area contributed by atoms with Gasteiger partial charge in [-0.2, -0.15) is 0 Å². The number of rotatable bonds is 5. The Morgan fingerprint density at radius 3 is 2.32 bits per heavy atom. The Morgan fingerprint density at radius 1 is 1.11 bits per heavy atom. The number of carboxylic acids is 1. The third-order valence-electron chi connectivity index (χ3n) is 11.5. The Bertz CT molecular complexity index is 1090. The normalized spacial score (nSPS) is 43.1. The number of Topliss-reactive ketones (excluding diaryl/α,β-unsaturated/α-hetero) is 2. The van der Waals surface area contributed by atoms with E-state index >= 15 is 0 Å². The Hall–Kier alpha value is -1.83. The van der Waals surface area contributed by atoms with Gasteiger partial charge in [0.05, 0.1) is 18.3 Å². The fourth-order valence-corrected chi connectivity index (χ4v) is 9.16. The number of fused-ring (bicyclic) bond motifs is 4. The van der Waals surface area contributed by atoms with Crippen LogP contribution in [0, 0.1) is 39.4 Å². The molecule has 0 aromatic rings. The number of aliphatic hydroxyl groups excluding tert-OH is 3. The lowest BCUT2D eigenvalue weighted by Crippen LogP contribution is -2.60. The molecule has 0 spiro atoms. The highest BCUT2D eigenvalue weighted by atomic mass is 16.4. The Kier molecular flexibility index (Phi) is 6.74. The summed E-state index contributed by atoms with van der Waals surface area (Å²) in [5, 5.41) is 43.0. The summed E-state index contributed by atoms with van der Waals surface area (Å²) >= 11 is 0. The molecule has 0 amide bonds. The van der Waals surface area contributed by atoms with Crippen molar-refractivity contribution in [1.82, 2.24) is 0 Å². The topological polar surface area (TPSA) is 132 Å². The van der Waals surface area contributed by atoms with E-state index in [-0.39, 0.29) is 41.3 Å². The van der Waals surface area contributed by atoms with Crippen LogP contribution in [-0.4, -0.2) is 56.3 Å². The highest BCUT2D eigenvalue weighted by Gasteiger charge is 2.70. The summed E-state index contributed by atoms with van der Waals surface area (Å²) in [5.41, 5.74) is -1.26. The summed E-state index contributed by atoms with van der Waals surface area (Å²) in [5.74, 6) is -1.27. The van der Waals surface area contributed by atoms with Crippen LogP contribution >= 0.6 is 0 Å². The van der Waals surface area contributed by atoms with Crippen molar-refractivity contribution in [2.24, 2.45) is 39.4 Å². The van der Waals surface area contributed by atoms with E-state index in [9.17, 15) is 29.7 Å². The second-order valence-electron chi connectivity index (χ2n) is 13.7. The molecule has 7 nitrogen and oxygen atoms in total. The van der Waals surface area contributed by atoms with Crippen LogP contribution in [0.1, 0.15) is 87.0 Å². The van der Waals surface area contributed by atoms with Crippen molar-refractivity contribution >= 4 is 17.5 Å². The minimum atomic E-state index is -1.08. The summed E-state index contributed by atoms with van der Waals surface area (Å²) in [7, 11) is 0. The zero-order valence-corrected chi connectivity index (χ0v) is 23.3. The smallest absolute Gasteiger partial charge is 0.331 e. The maximum atomic E-state index is 14.1. The second kappa shape index (κ2) is 8.85. The van der Waals surface area contributed by atoms with Crippen LogP contribution in [0.2, 0.25) is 0 Å². The van der Waals surface area contributed by atoms with E-state index in [4.69, 9.17) is 5.11 Å². The first-order valence-electron chi connectivity index (χ1n) is 13.7. The molecule has 4 N–H and O–H groups in total. The monoisotopic (exact) mass is 516 g/mol. The molecule has 0 aromatic heterocycles. The molecule has 2 saturated carbocycles. The molecule has 4 rings (SSSR count). The molecule has 0 aromatic carbocycles. The van der Waals surface area contributed by atoms with E-state index in [0.29, 0.717) is 43.3 Å². The van der Waals surface area contributed by atoms with Crippen molar-refractivity contribution in [2.75, 3.05) is 0 Å². The van der Waals surface area contributed by atoms with Crippen molar-refractivity contribution in [1.29, 1.82) is 0 Å². The fourth-order valence-electron chi connectivity index (χ4n) is 9.16. The predicted octanol–water partition coefficient (Wildman–Crippen LogP) is 3.84. The maximum Gasteiger partial charge on any atom is 0.331 e. The quantitative estimate of drug-likeness (QED) is 0.408. The van der Waals surface area contributed by atoms with E-state index in [1.807, 2.05) is 34.6 Å². The number of carboxylic acid groups (broad SMARTS) is 1. The number of hydrogen-bond acceptors (Lipinski definition) is 6. The lowest BCUT2D eigenvalue weighted by molar-refractivity contribution is -0.146. The number of carbonyl (C=O) groups is 3. The predicted molar refractivity (Wildman–Crippen MR) is 138 cm³/mol. The van der Waals surface area contributed by atoms with Gasteiger partial charge >= 0.3 is 5.97 Å². The minimum Gasteiger partial charge on any atom is -0.478 e. The molecule has 0 aliphatic heterocycles. The zero-order chi connectivity index (χ0) is 27.9. The van der Waals surface area contributed by atoms with Gasteiger partial charge in [0.2, 0.25) is 0 Å². The van der Waals surface area contributed by atoms with Crippen LogP contribution in [0.25, 0.3) is 0 Å². The first kappa shape index (κ1) is 28.2. The van der Waals surface area contributed by atoms with Crippen LogP contribution in [0.15, 0.2) is 22.8 Å². The van der Waals surface area contributed by atoms with Crippen LogP contribution in [0.4, 0.5) is 0 Å². The Labute approximate surface area is 220 Å². The molecule has 0 radical (unpaired) electrons. The lowest BCUT2D eigenvalue weighted by atomic mass is 9.42. The molecule has 2 fully saturated rings. The van der Waals surface area contributed by atoms with Gasteiger partial charge in [0.15, 0.2) is 5.78 Å². The van der Waals surface area contributed by atoms with Crippen molar-refractivity contribution in [2.45, 2.75) is 105 Å². The van der Waals surface area contributed by atoms with Gasteiger partial charge in [-0.05, 0) is 67.4 Å². The number of allylic oxidation sites excluding steroid dienone is 1. The summed E-state index contributed by atoms with van der Waals surface area (Å²) in [4.78, 5) is 38.1. The van der Waals surface area contributed by atoms with Crippen LogP contribution in [-0.2, 0) is 14.4 Å². The summed E-state index contributed by atoms with van der Waals surface area (Å²) in [6.45, 7) is 13.4. The highest BCUT2D eigenvalue weighted by molar-refractivity contribution is 6.01. The number of ketones is 2. The lowest BCUT2D eigenvalue weighted by Gasteiger charge is -2.61. The van der Waals surface area contributed by atoms with Gasteiger partial charge in [0.25, 0.3) is 0 Å². The average molecular weight is 517 g/mol. The SMILES string of the molecule is C/C(=C\[C@@H](O)C[C@@H](C)[C@H]1C[C@H](O)[C@@]2(C)C3=C(C(=O)C[C@]12C)[C@@]1(C)CCC(=O)C(C)(C)C1C[C@H]3O)C(=O)O. The zero-order valence-electron chi connectivity index (χ0n) is 23.3.